The maximum absolute atomic E-state index is 12.5. The number of halogens is 3. The molecule has 0 bridgehead atoms. The highest BCUT2D eigenvalue weighted by atomic mass is 19.4. The van der Waals surface area contributed by atoms with Gasteiger partial charge in [-0.15, -0.1) is 0 Å². The van der Waals surface area contributed by atoms with Gasteiger partial charge in [-0.3, -0.25) is 4.79 Å². The predicted molar refractivity (Wildman–Crippen MR) is 82.6 cm³/mol. The van der Waals surface area contributed by atoms with Gasteiger partial charge in [0.05, 0.1) is 5.56 Å². The molecule has 0 spiro atoms. The Hall–Kier alpha value is -2.63. The van der Waals surface area contributed by atoms with Crippen molar-refractivity contribution < 1.29 is 22.4 Å². The summed E-state index contributed by atoms with van der Waals surface area (Å²) in [6.45, 7) is 1.75. The molecule has 0 aliphatic heterocycles. The first-order valence-corrected chi connectivity index (χ1v) is 7.35. The molecule has 0 unspecified atom stereocenters. The maximum atomic E-state index is 12.5. The number of Topliss-reactive ketones (excluding diaryl/α,β-unsaturated/α-hetero) is 1. The van der Waals surface area contributed by atoms with Gasteiger partial charge in [0.25, 0.3) is 0 Å². The molecule has 0 saturated heterocycles. The topological polar surface area (TPSA) is 43.1 Å². The summed E-state index contributed by atoms with van der Waals surface area (Å²) in [5.41, 5.74) is 1.98. The van der Waals surface area contributed by atoms with Crippen LogP contribution < -0.4 is 0 Å². The lowest BCUT2D eigenvalue weighted by atomic mass is 10.0. The zero-order valence-electron chi connectivity index (χ0n) is 12.9. The van der Waals surface area contributed by atoms with E-state index in [-0.39, 0.29) is 18.6 Å². The zero-order chi connectivity index (χ0) is 17.3. The third-order valence-electron chi connectivity index (χ3n) is 3.64. The normalized spacial score (nSPS) is 11.8. The lowest BCUT2D eigenvalue weighted by Crippen LogP contribution is -2.08. The molecule has 0 saturated carbocycles. The van der Waals surface area contributed by atoms with E-state index < -0.39 is 11.7 Å². The Kier molecular flexibility index (Phi) is 4.13. The van der Waals surface area contributed by atoms with Gasteiger partial charge in [0, 0.05) is 19.8 Å². The largest absolute Gasteiger partial charge is 0.441 e. The molecule has 0 N–H and O–H groups in total. The van der Waals surface area contributed by atoms with E-state index in [1.165, 1.54) is 12.1 Å². The molecule has 3 nitrogen and oxygen atoms in total. The maximum Gasteiger partial charge on any atom is 0.416 e. The standard InChI is InChI=1S/C18H14F3NO2/c1-11-22-16-7-4-13(10-17(16)24-11)9-15(23)8-12-2-5-14(6-3-12)18(19,20)21/h2-7,10H,8-9H2,1H3. The van der Waals surface area contributed by atoms with Crippen molar-refractivity contribution in [2.75, 3.05) is 0 Å². The molecule has 24 heavy (non-hydrogen) atoms. The summed E-state index contributed by atoms with van der Waals surface area (Å²) in [7, 11) is 0. The second-order valence-corrected chi connectivity index (χ2v) is 5.62. The summed E-state index contributed by atoms with van der Waals surface area (Å²) < 4.78 is 43.0. The second-order valence-electron chi connectivity index (χ2n) is 5.62. The number of carbonyl (C=O) groups excluding carboxylic acids is 1. The number of rotatable bonds is 4. The molecule has 0 aliphatic carbocycles. The quantitative estimate of drug-likeness (QED) is 0.705. The molecule has 0 aliphatic rings. The molecule has 0 amide bonds. The van der Waals surface area contributed by atoms with E-state index in [2.05, 4.69) is 4.98 Å². The highest BCUT2D eigenvalue weighted by Gasteiger charge is 2.29. The molecule has 1 heterocycles. The van der Waals surface area contributed by atoms with Crippen LogP contribution in [0.4, 0.5) is 13.2 Å². The average molecular weight is 333 g/mol. The van der Waals surface area contributed by atoms with Crippen molar-refractivity contribution in [1.29, 1.82) is 0 Å². The summed E-state index contributed by atoms with van der Waals surface area (Å²) in [6.07, 6.45) is -4.09. The molecule has 0 radical (unpaired) electrons. The fourth-order valence-electron chi connectivity index (χ4n) is 2.52. The van der Waals surface area contributed by atoms with E-state index in [9.17, 15) is 18.0 Å². The van der Waals surface area contributed by atoms with Crippen LogP contribution in [-0.4, -0.2) is 10.8 Å². The van der Waals surface area contributed by atoms with E-state index in [0.717, 1.165) is 23.2 Å². The molecular weight excluding hydrogens is 319 g/mol. The summed E-state index contributed by atoms with van der Waals surface area (Å²) >= 11 is 0. The van der Waals surface area contributed by atoms with Gasteiger partial charge in [-0.25, -0.2) is 4.98 Å². The Morgan fingerprint density at radius 2 is 1.67 bits per heavy atom. The number of aromatic nitrogens is 1. The molecule has 0 atom stereocenters. The first-order chi connectivity index (χ1) is 11.3. The fourth-order valence-corrected chi connectivity index (χ4v) is 2.52. The van der Waals surface area contributed by atoms with Gasteiger partial charge in [0.1, 0.15) is 11.3 Å². The third kappa shape index (κ3) is 3.64. The molecule has 2 aromatic carbocycles. The molecule has 3 aromatic rings. The SMILES string of the molecule is Cc1nc2ccc(CC(=O)Cc3ccc(C(F)(F)F)cc3)cc2o1. The minimum absolute atomic E-state index is 0.0784. The number of aryl methyl sites for hydroxylation is 1. The lowest BCUT2D eigenvalue weighted by molar-refractivity contribution is -0.137. The van der Waals surface area contributed by atoms with E-state index in [0.29, 0.717) is 17.0 Å². The van der Waals surface area contributed by atoms with Crippen molar-refractivity contribution in [3.05, 3.63) is 65.0 Å². The highest BCUT2D eigenvalue weighted by Crippen LogP contribution is 2.29. The first kappa shape index (κ1) is 16.2. The molecule has 0 fully saturated rings. The van der Waals surface area contributed by atoms with E-state index >= 15 is 0 Å². The van der Waals surface area contributed by atoms with Gasteiger partial charge >= 0.3 is 6.18 Å². The first-order valence-electron chi connectivity index (χ1n) is 7.35. The Labute approximate surface area is 136 Å². The van der Waals surface area contributed by atoms with Gasteiger partial charge in [-0.1, -0.05) is 18.2 Å². The smallest absolute Gasteiger partial charge is 0.416 e. The number of fused-ring (bicyclic) bond motifs is 1. The summed E-state index contributed by atoms with van der Waals surface area (Å²) in [4.78, 5) is 16.3. The number of nitrogens with zero attached hydrogens (tertiary/aromatic N) is 1. The molecule has 124 valence electrons. The van der Waals surface area contributed by atoms with Crippen molar-refractivity contribution in [3.63, 3.8) is 0 Å². The number of ketones is 1. The Balaban J connectivity index is 1.68. The highest BCUT2D eigenvalue weighted by molar-refractivity contribution is 5.84. The molecular formula is C18H14F3NO2. The van der Waals surface area contributed by atoms with Crippen LogP contribution in [0, 0.1) is 6.92 Å². The Morgan fingerprint density at radius 3 is 2.33 bits per heavy atom. The number of benzene rings is 2. The van der Waals surface area contributed by atoms with Crippen LogP contribution in [0.25, 0.3) is 11.1 Å². The van der Waals surface area contributed by atoms with Crippen molar-refractivity contribution in [2.45, 2.75) is 25.9 Å². The monoisotopic (exact) mass is 333 g/mol. The van der Waals surface area contributed by atoms with Crippen LogP contribution >= 0.6 is 0 Å². The predicted octanol–water partition coefficient (Wildman–Crippen LogP) is 4.51. The third-order valence-corrected chi connectivity index (χ3v) is 3.64. The van der Waals surface area contributed by atoms with Crippen LogP contribution in [0.15, 0.2) is 46.9 Å². The lowest BCUT2D eigenvalue weighted by Gasteiger charge is -2.07. The van der Waals surface area contributed by atoms with Crippen molar-refractivity contribution >= 4 is 16.9 Å². The van der Waals surface area contributed by atoms with Crippen LogP contribution in [0.5, 0.6) is 0 Å². The minimum Gasteiger partial charge on any atom is -0.441 e. The van der Waals surface area contributed by atoms with Crippen molar-refractivity contribution in [1.82, 2.24) is 4.98 Å². The van der Waals surface area contributed by atoms with Crippen LogP contribution in [0.2, 0.25) is 0 Å². The number of carbonyl (C=O) groups is 1. The Morgan fingerprint density at radius 1 is 1.04 bits per heavy atom. The van der Waals surface area contributed by atoms with Gasteiger partial charge in [-0.2, -0.15) is 13.2 Å². The van der Waals surface area contributed by atoms with Gasteiger partial charge in [0.15, 0.2) is 11.5 Å². The van der Waals surface area contributed by atoms with Crippen LogP contribution in [0.3, 0.4) is 0 Å². The van der Waals surface area contributed by atoms with Gasteiger partial charge < -0.3 is 4.42 Å². The molecule has 1 aromatic heterocycles. The fraction of sp³-hybridized carbons (Fsp3) is 0.222. The van der Waals surface area contributed by atoms with Gasteiger partial charge in [-0.05, 0) is 35.4 Å². The summed E-state index contributed by atoms with van der Waals surface area (Å²) in [6, 6.07) is 10.0. The Bertz CT molecular complexity index is 879. The number of alkyl halides is 3. The zero-order valence-corrected chi connectivity index (χ0v) is 12.9. The van der Waals surface area contributed by atoms with Crippen LogP contribution in [0.1, 0.15) is 22.6 Å². The van der Waals surface area contributed by atoms with E-state index in [1.54, 1.807) is 25.1 Å². The average Bonchev–Trinajstić information content (AvgIpc) is 2.86. The summed E-state index contributed by atoms with van der Waals surface area (Å²) in [5, 5.41) is 0. The van der Waals surface area contributed by atoms with E-state index in [1.807, 2.05) is 0 Å². The second kappa shape index (κ2) is 6.11. The number of hydrogen-bond acceptors (Lipinski definition) is 3. The van der Waals surface area contributed by atoms with Crippen molar-refractivity contribution in [2.24, 2.45) is 0 Å². The summed E-state index contributed by atoms with van der Waals surface area (Å²) in [5.74, 6) is 0.476. The number of hydrogen-bond donors (Lipinski definition) is 0. The molecule has 6 heteroatoms. The minimum atomic E-state index is -4.37. The molecule has 3 rings (SSSR count). The van der Waals surface area contributed by atoms with Crippen molar-refractivity contribution in [3.8, 4) is 0 Å². The van der Waals surface area contributed by atoms with E-state index in [4.69, 9.17) is 4.42 Å². The van der Waals surface area contributed by atoms with Crippen LogP contribution in [-0.2, 0) is 23.8 Å². The number of oxazole rings is 1. The van der Waals surface area contributed by atoms with Gasteiger partial charge in [0.2, 0.25) is 0 Å².